The van der Waals surface area contributed by atoms with Gasteiger partial charge in [0, 0.05) is 33.4 Å². The molecule has 7 heteroatoms. The molecule has 0 unspecified atom stereocenters. The summed E-state index contributed by atoms with van der Waals surface area (Å²) >= 11 is 0. The zero-order chi connectivity index (χ0) is 25.2. The van der Waals surface area contributed by atoms with Crippen LogP contribution < -0.4 is 4.74 Å². The molecule has 3 rings (SSSR count). The summed E-state index contributed by atoms with van der Waals surface area (Å²) < 4.78 is 19.3. The maximum Gasteiger partial charge on any atom is 0.227 e. The van der Waals surface area contributed by atoms with Crippen LogP contribution in [0.25, 0.3) is 5.69 Å². The van der Waals surface area contributed by atoms with Gasteiger partial charge in [-0.05, 0) is 44.0 Å². The third-order valence-corrected chi connectivity index (χ3v) is 5.60. The van der Waals surface area contributed by atoms with Crippen molar-refractivity contribution in [2.45, 2.75) is 40.3 Å². The normalized spacial score (nSPS) is 12.5. The number of nitrogens with zero attached hydrogens (tertiary/aromatic N) is 3. The minimum atomic E-state index is -0.600. The highest BCUT2D eigenvalue weighted by Gasteiger charge is 2.22. The molecule has 7 nitrogen and oxygen atoms in total. The van der Waals surface area contributed by atoms with Crippen LogP contribution >= 0.6 is 0 Å². The Kier molecular flexibility index (Phi) is 10.3. The lowest BCUT2D eigenvalue weighted by Gasteiger charge is -2.25. The molecule has 0 spiro atoms. The van der Waals surface area contributed by atoms with Crippen molar-refractivity contribution in [3.8, 4) is 17.3 Å². The summed E-state index contributed by atoms with van der Waals surface area (Å²) in [6, 6.07) is 18.0. The highest BCUT2D eigenvalue weighted by molar-refractivity contribution is 5.43. The lowest BCUT2D eigenvalue weighted by Crippen LogP contribution is -2.37. The molecule has 0 bridgehead atoms. The van der Waals surface area contributed by atoms with E-state index in [4.69, 9.17) is 19.3 Å². The van der Waals surface area contributed by atoms with Crippen LogP contribution in [0.3, 0.4) is 0 Å². The highest BCUT2D eigenvalue weighted by Crippen LogP contribution is 2.31. The molecule has 0 radical (unpaired) electrons. The van der Waals surface area contributed by atoms with Crippen molar-refractivity contribution in [1.82, 2.24) is 14.7 Å². The summed E-state index contributed by atoms with van der Waals surface area (Å²) in [5.41, 5.74) is 3.95. The van der Waals surface area contributed by atoms with E-state index in [2.05, 4.69) is 25.7 Å². The zero-order valence-electron chi connectivity index (χ0n) is 21.6. The molecule has 0 amide bonds. The van der Waals surface area contributed by atoms with E-state index in [1.807, 2.05) is 66.2 Å². The zero-order valence-corrected chi connectivity index (χ0v) is 21.6. The maximum atomic E-state index is 10.6. The Labute approximate surface area is 209 Å². The van der Waals surface area contributed by atoms with Crippen LogP contribution in [0.15, 0.2) is 54.6 Å². The molecule has 0 saturated carbocycles. The van der Waals surface area contributed by atoms with Gasteiger partial charge in [0.2, 0.25) is 5.88 Å². The first-order chi connectivity index (χ1) is 16.9. The minimum Gasteiger partial charge on any atom is -0.439 e. The van der Waals surface area contributed by atoms with Gasteiger partial charge < -0.3 is 19.3 Å². The Morgan fingerprint density at radius 1 is 1.00 bits per heavy atom. The van der Waals surface area contributed by atoms with E-state index >= 15 is 0 Å². The number of hydrogen-bond donors (Lipinski definition) is 1. The van der Waals surface area contributed by atoms with E-state index < -0.39 is 6.10 Å². The summed E-state index contributed by atoms with van der Waals surface area (Å²) in [4.78, 5) is 2.16. The van der Waals surface area contributed by atoms with Gasteiger partial charge in [-0.15, -0.1) is 0 Å². The predicted molar refractivity (Wildman–Crippen MR) is 138 cm³/mol. The first kappa shape index (κ1) is 26.9. The predicted octanol–water partition coefficient (Wildman–Crippen LogP) is 4.76. The van der Waals surface area contributed by atoms with Crippen molar-refractivity contribution in [3.63, 3.8) is 0 Å². The van der Waals surface area contributed by atoms with E-state index in [1.54, 1.807) is 7.11 Å². The van der Waals surface area contributed by atoms with Gasteiger partial charge in [0.25, 0.3) is 0 Å². The number of aromatic nitrogens is 2. The quantitative estimate of drug-likeness (QED) is 0.358. The number of para-hydroxylation sites is 1. The molecule has 1 N–H and O–H groups in total. The standard InChI is InChI=1S/C28H39N3O4/c1-21(2)19-34-20-25(32)17-30(15-16-33-5)18-27-23(4)29-31(24-9-7-6-8-10-24)28(27)35-26-13-11-22(3)12-14-26/h6-14,21,25,32H,15-20H2,1-5H3/t25-/m0/s1. The summed E-state index contributed by atoms with van der Waals surface area (Å²) in [6.07, 6.45) is -0.600. The average Bonchev–Trinajstić information content (AvgIpc) is 3.14. The van der Waals surface area contributed by atoms with Crippen LogP contribution in [0.4, 0.5) is 0 Å². The number of hydrogen-bond acceptors (Lipinski definition) is 6. The molecule has 1 atom stereocenters. The van der Waals surface area contributed by atoms with Crippen LogP contribution in [0.1, 0.15) is 30.7 Å². The van der Waals surface area contributed by atoms with Gasteiger partial charge in [-0.2, -0.15) is 5.10 Å². The Morgan fingerprint density at radius 2 is 1.71 bits per heavy atom. The van der Waals surface area contributed by atoms with Crippen molar-refractivity contribution in [2.75, 3.05) is 40.0 Å². The fourth-order valence-corrected chi connectivity index (χ4v) is 3.76. The molecule has 2 aromatic carbocycles. The van der Waals surface area contributed by atoms with E-state index in [-0.39, 0.29) is 0 Å². The van der Waals surface area contributed by atoms with Gasteiger partial charge in [0.05, 0.1) is 36.3 Å². The van der Waals surface area contributed by atoms with Crippen molar-refractivity contribution in [2.24, 2.45) is 5.92 Å². The Morgan fingerprint density at radius 3 is 2.37 bits per heavy atom. The van der Waals surface area contributed by atoms with Gasteiger partial charge >= 0.3 is 0 Å². The smallest absolute Gasteiger partial charge is 0.227 e. The van der Waals surface area contributed by atoms with Gasteiger partial charge in [-0.1, -0.05) is 49.7 Å². The minimum absolute atomic E-state index is 0.302. The van der Waals surface area contributed by atoms with Crippen LogP contribution in [0.5, 0.6) is 11.6 Å². The second-order valence-corrected chi connectivity index (χ2v) is 9.34. The summed E-state index contributed by atoms with van der Waals surface area (Å²) in [5.74, 6) is 1.85. The fraction of sp³-hybridized carbons (Fsp3) is 0.464. The van der Waals surface area contributed by atoms with Crippen molar-refractivity contribution >= 4 is 0 Å². The van der Waals surface area contributed by atoms with Gasteiger partial charge in [-0.3, -0.25) is 4.90 Å². The third kappa shape index (κ3) is 8.18. The molecular weight excluding hydrogens is 442 g/mol. The lowest BCUT2D eigenvalue weighted by molar-refractivity contribution is 0.00324. The number of rotatable bonds is 14. The molecular formula is C28H39N3O4. The first-order valence-corrected chi connectivity index (χ1v) is 12.2. The van der Waals surface area contributed by atoms with E-state index in [0.717, 1.165) is 22.7 Å². The number of aryl methyl sites for hydroxylation is 2. The molecule has 190 valence electrons. The number of ether oxygens (including phenoxy) is 3. The summed E-state index contributed by atoms with van der Waals surface area (Å²) in [7, 11) is 1.69. The van der Waals surface area contributed by atoms with Crippen molar-refractivity contribution in [3.05, 3.63) is 71.4 Å². The molecule has 0 aliphatic heterocycles. The average molecular weight is 482 g/mol. The van der Waals surface area contributed by atoms with Gasteiger partial charge in [0.1, 0.15) is 5.75 Å². The highest BCUT2D eigenvalue weighted by atomic mass is 16.5. The van der Waals surface area contributed by atoms with E-state index in [9.17, 15) is 5.11 Å². The van der Waals surface area contributed by atoms with Gasteiger partial charge in [-0.25, -0.2) is 4.68 Å². The molecule has 1 aromatic heterocycles. The fourth-order valence-electron chi connectivity index (χ4n) is 3.76. The molecule has 1 heterocycles. The second kappa shape index (κ2) is 13.4. The molecule has 0 aliphatic carbocycles. The van der Waals surface area contributed by atoms with Crippen LogP contribution in [0, 0.1) is 19.8 Å². The molecule has 3 aromatic rings. The van der Waals surface area contributed by atoms with E-state index in [0.29, 0.717) is 51.3 Å². The maximum absolute atomic E-state index is 10.6. The molecule has 0 fully saturated rings. The SMILES string of the molecule is COCCN(Cc1c(C)nn(-c2ccccc2)c1Oc1ccc(C)cc1)C[C@H](O)COCC(C)C. The monoisotopic (exact) mass is 481 g/mol. The van der Waals surface area contributed by atoms with Gasteiger partial charge in [0.15, 0.2) is 0 Å². The summed E-state index contributed by atoms with van der Waals surface area (Å²) in [6.45, 7) is 11.4. The Balaban J connectivity index is 1.88. The lowest BCUT2D eigenvalue weighted by atomic mass is 10.2. The number of methoxy groups -OCH3 is 1. The third-order valence-electron chi connectivity index (χ3n) is 5.60. The van der Waals surface area contributed by atoms with Crippen molar-refractivity contribution < 1.29 is 19.3 Å². The van der Waals surface area contributed by atoms with Crippen LogP contribution in [-0.2, 0) is 16.0 Å². The molecule has 35 heavy (non-hydrogen) atoms. The Bertz CT molecular complexity index is 1020. The van der Waals surface area contributed by atoms with Crippen LogP contribution in [0.2, 0.25) is 0 Å². The second-order valence-electron chi connectivity index (χ2n) is 9.34. The van der Waals surface area contributed by atoms with Crippen LogP contribution in [-0.4, -0.2) is 65.9 Å². The topological polar surface area (TPSA) is 69.0 Å². The summed E-state index contributed by atoms with van der Waals surface area (Å²) in [5, 5.41) is 15.5. The number of aliphatic hydroxyl groups is 1. The number of aliphatic hydroxyl groups excluding tert-OH is 1. The largest absolute Gasteiger partial charge is 0.439 e. The van der Waals surface area contributed by atoms with Crippen molar-refractivity contribution in [1.29, 1.82) is 0 Å². The number of benzene rings is 2. The first-order valence-electron chi connectivity index (χ1n) is 12.2. The molecule has 0 aliphatic rings. The molecule has 0 saturated heterocycles. The van der Waals surface area contributed by atoms with E-state index in [1.165, 1.54) is 5.56 Å². The Hall–Kier alpha value is -2.71.